The maximum Gasteiger partial charge on any atom is 0.236 e. The lowest BCUT2D eigenvalue weighted by Crippen LogP contribution is -2.11. The summed E-state index contributed by atoms with van der Waals surface area (Å²) in [4.78, 5) is 9.77. The van der Waals surface area contributed by atoms with Gasteiger partial charge in [-0.25, -0.2) is 4.98 Å². The van der Waals surface area contributed by atoms with Crippen LogP contribution in [0.15, 0.2) is 48.5 Å². The van der Waals surface area contributed by atoms with Crippen LogP contribution in [0.5, 0.6) is 5.75 Å². The van der Waals surface area contributed by atoms with E-state index in [1.165, 1.54) is 5.56 Å². The number of phenolic OH excluding ortho intramolecular Hbond substituents is 1. The van der Waals surface area contributed by atoms with Crippen molar-refractivity contribution >= 4 is 16.7 Å². The van der Waals surface area contributed by atoms with Gasteiger partial charge in [0.15, 0.2) is 0 Å². The summed E-state index contributed by atoms with van der Waals surface area (Å²) >= 11 is 0. The Balaban J connectivity index is 1.59. The van der Waals surface area contributed by atoms with Crippen molar-refractivity contribution in [2.45, 2.75) is 32.7 Å². The van der Waals surface area contributed by atoms with Gasteiger partial charge in [0.25, 0.3) is 0 Å². The van der Waals surface area contributed by atoms with Crippen LogP contribution in [-0.2, 0) is 19.4 Å². The first-order chi connectivity index (χ1) is 14.6. The molecule has 0 saturated heterocycles. The lowest BCUT2D eigenvalue weighted by atomic mass is 10.1. The number of hydrogen-bond donors (Lipinski definition) is 2. The van der Waals surface area contributed by atoms with Gasteiger partial charge in [0.05, 0.1) is 22.8 Å². The molecule has 2 aromatic heterocycles. The van der Waals surface area contributed by atoms with Crippen molar-refractivity contribution in [3.8, 4) is 17.8 Å². The van der Waals surface area contributed by atoms with Gasteiger partial charge in [0, 0.05) is 23.2 Å². The number of aromatic hydroxyl groups is 1. The van der Waals surface area contributed by atoms with Crippen LogP contribution in [0.2, 0.25) is 0 Å². The first-order valence-corrected chi connectivity index (χ1v) is 10.1. The molecule has 0 spiro atoms. The summed E-state index contributed by atoms with van der Waals surface area (Å²) in [5.74, 6) is 1.72. The number of aromatic nitrogens is 3. The van der Waals surface area contributed by atoms with Crippen molar-refractivity contribution < 1.29 is 5.11 Å². The van der Waals surface area contributed by atoms with Gasteiger partial charge in [0.2, 0.25) is 5.95 Å². The van der Waals surface area contributed by atoms with E-state index in [9.17, 15) is 10.4 Å². The van der Waals surface area contributed by atoms with Gasteiger partial charge < -0.3 is 10.4 Å². The molecule has 0 saturated carbocycles. The maximum atomic E-state index is 9.73. The minimum absolute atomic E-state index is 0.255. The highest BCUT2D eigenvalue weighted by Gasteiger charge is 2.21. The summed E-state index contributed by atoms with van der Waals surface area (Å²) in [5.41, 5.74) is 5.82. The Morgan fingerprint density at radius 1 is 1.13 bits per heavy atom. The highest BCUT2D eigenvalue weighted by molar-refractivity contribution is 5.88. The lowest BCUT2D eigenvalue weighted by molar-refractivity contribution is 0.474. The van der Waals surface area contributed by atoms with E-state index in [1.54, 1.807) is 12.1 Å². The van der Waals surface area contributed by atoms with Crippen molar-refractivity contribution in [3.05, 3.63) is 76.6 Å². The summed E-state index contributed by atoms with van der Waals surface area (Å²) in [6.07, 6.45) is 2.97. The van der Waals surface area contributed by atoms with E-state index >= 15 is 0 Å². The molecule has 2 N–H and O–H groups in total. The van der Waals surface area contributed by atoms with E-state index in [0.717, 1.165) is 52.9 Å². The van der Waals surface area contributed by atoms with Crippen molar-refractivity contribution in [1.82, 2.24) is 14.5 Å². The molecule has 148 valence electrons. The highest BCUT2D eigenvalue weighted by atomic mass is 16.3. The van der Waals surface area contributed by atoms with Crippen LogP contribution in [0.1, 0.15) is 34.5 Å². The minimum atomic E-state index is 0.255. The lowest BCUT2D eigenvalue weighted by Gasteiger charge is -2.14. The zero-order valence-corrected chi connectivity index (χ0v) is 16.7. The molecule has 0 atom stereocenters. The van der Waals surface area contributed by atoms with Crippen LogP contribution in [0.3, 0.4) is 0 Å². The molecule has 6 heteroatoms. The number of benzene rings is 2. The molecule has 0 amide bonds. The van der Waals surface area contributed by atoms with Crippen LogP contribution < -0.4 is 5.32 Å². The number of aryl methyl sites for hydroxylation is 2. The predicted molar refractivity (Wildman–Crippen MR) is 116 cm³/mol. The van der Waals surface area contributed by atoms with E-state index in [4.69, 9.17) is 9.97 Å². The van der Waals surface area contributed by atoms with Crippen LogP contribution in [0.4, 0.5) is 5.82 Å². The molecule has 0 radical (unpaired) electrons. The number of anilines is 1. The first kappa shape index (κ1) is 18.2. The molecule has 30 heavy (non-hydrogen) atoms. The first-order valence-electron chi connectivity index (χ1n) is 10.1. The Hall–Kier alpha value is -3.85. The molecule has 6 nitrogen and oxygen atoms in total. The topological polar surface area (TPSA) is 86.8 Å². The van der Waals surface area contributed by atoms with E-state index in [-0.39, 0.29) is 5.75 Å². The standard InChI is InChI=1S/C24H21N5O/c1-15-11-20-17(13-25)6-3-10-22(20)29(15)24-27-21-9-4-8-19(21)23(28-24)26-14-16-5-2-7-18(30)12-16/h2-3,5-7,10-12,30H,4,8-9,14H2,1H3,(H,26,27,28). The molecular formula is C24H21N5O. The number of nitrogens with zero attached hydrogens (tertiary/aromatic N) is 4. The molecule has 0 fully saturated rings. The van der Waals surface area contributed by atoms with Crippen LogP contribution in [0.25, 0.3) is 16.9 Å². The molecule has 1 aliphatic carbocycles. The zero-order chi connectivity index (χ0) is 20.7. The fourth-order valence-corrected chi connectivity index (χ4v) is 4.24. The van der Waals surface area contributed by atoms with Crippen molar-refractivity contribution in [2.75, 3.05) is 5.32 Å². The summed E-state index contributed by atoms with van der Waals surface area (Å²) < 4.78 is 2.02. The fraction of sp³-hybridized carbons (Fsp3) is 0.208. The molecule has 1 aliphatic rings. The van der Waals surface area contributed by atoms with Crippen LogP contribution >= 0.6 is 0 Å². The summed E-state index contributed by atoms with van der Waals surface area (Å²) in [6, 6.07) is 17.2. The quantitative estimate of drug-likeness (QED) is 0.535. The highest BCUT2D eigenvalue weighted by Crippen LogP contribution is 2.30. The van der Waals surface area contributed by atoms with E-state index < -0.39 is 0 Å². The molecule has 0 unspecified atom stereocenters. The van der Waals surface area contributed by atoms with Gasteiger partial charge in [-0.3, -0.25) is 4.57 Å². The largest absolute Gasteiger partial charge is 0.508 e. The molecule has 0 aliphatic heterocycles. The average Bonchev–Trinajstić information content (AvgIpc) is 3.35. The monoisotopic (exact) mass is 395 g/mol. The third-order valence-corrected chi connectivity index (χ3v) is 5.64. The van der Waals surface area contributed by atoms with Crippen molar-refractivity contribution in [3.63, 3.8) is 0 Å². The molecule has 4 aromatic rings. The average molecular weight is 395 g/mol. The number of rotatable bonds is 4. The zero-order valence-electron chi connectivity index (χ0n) is 16.7. The number of hydrogen-bond acceptors (Lipinski definition) is 5. The molecule has 2 heterocycles. The second kappa shape index (κ2) is 7.20. The molecule has 2 aromatic carbocycles. The fourth-order valence-electron chi connectivity index (χ4n) is 4.24. The Bertz CT molecular complexity index is 1320. The number of phenols is 1. The van der Waals surface area contributed by atoms with Crippen LogP contribution in [0, 0.1) is 18.3 Å². The Kier molecular flexibility index (Phi) is 4.36. The molecule has 5 rings (SSSR count). The number of fused-ring (bicyclic) bond motifs is 2. The third kappa shape index (κ3) is 3.05. The SMILES string of the molecule is Cc1cc2c(C#N)cccc2n1-c1nc2c(c(NCc3cccc(O)c3)n1)CCC2. The Labute approximate surface area is 174 Å². The molecule has 0 bridgehead atoms. The van der Waals surface area contributed by atoms with Crippen molar-refractivity contribution in [1.29, 1.82) is 5.26 Å². The number of nitriles is 1. The van der Waals surface area contributed by atoms with Crippen molar-refractivity contribution in [2.24, 2.45) is 0 Å². The minimum Gasteiger partial charge on any atom is -0.508 e. The second-order valence-corrected chi connectivity index (χ2v) is 7.65. The Morgan fingerprint density at radius 3 is 2.83 bits per heavy atom. The van der Waals surface area contributed by atoms with E-state index in [0.29, 0.717) is 18.1 Å². The predicted octanol–water partition coefficient (Wildman–Crippen LogP) is 4.41. The number of nitrogens with one attached hydrogen (secondary N) is 1. The van der Waals surface area contributed by atoms with Gasteiger partial charge >= 0.3 is 0 Å². The summed E-state index contributed by atoms with van der Waals surface area (Å²) in [5, 5.41) is 23.6. The smallest absolute Gasteiger partial charge is 0.236 e. The summed E-state index contributed by atoms with van der Waals surface area (Å²) in [6.45, 7) is 2.58. The Morgan fingerprint density at radius 2 is 2.00 bits per heavy atom. The van der Waals surface area contributed by atoms with Gasteiger partial charge in [-0.15, -0.1) is 0 Å². The van der Waals surface area contributed by atoms with Crippen LogP contribution in [-0.4, -0.2) is 19.6 Å². The second-order valence-electron chi connectivity index (χ2n) is 7.65. The van der Waals surface area contributed by atoms with E-state index in [1.807, 2.05) is 47.9 Å². The molecular weight excluding hydrogens is 374 g/mol. The van der Waals surface area contributed by atoms with Gasteiger partial charge in [0.1, 0.15) is 11.6 Å². The maximum absolute atomic E-state index is 9.73. The van der Waals surface area contributed by atoms with E-state index in [2.05, 4.69) is 11.4 Å². The van der Waals surface area contributed by atoms with Gasteiger partial charge in [-0.2, -0.15) is 10.2 Å². The summed E-state index contributed by atoms with van der Waals surface area (Å²) in [7, 11) is 0. The van der Waals surface area contributed by atoms with Gasteiger partial charge in [-0.05, 0) is 62.1 Å². The third-order valence-electron chi connectivity index (χ3n) is 5.64. The normalized spacial score (nSPS) is 12.7. The van der Waals surface area contributed by atoms with Gasteiger partial charge in [-0.1, -0.05) is 18.2 Å².